The van der Waals surface area contributed by atoms with Gasteiger partial charge in [0, 0.05) is 25.7 Å². The maximum atomic E-state index is 12.4. The molecule has 1 aliphatic rings. The van der Waals surface area contributed by atoms with Crippen LogP contribution in [0.2, 0.25) is 0 Å². The molecule has 3 aromatic rings. The van der Waals surface area contributed by atoms with Crippen molar-refractivity contribution >= 4 is 78.1 Å². The first-order valence-electron chi connectivity index (χ1n) is 9.97. The molecular formula is C24H15Br2IN2O6. The minimum atomic E-state index is -0.559. The summed E-state index contributed by atoms with van der Waals surface area (Å²) >= 11 is 9.14. The van der Waals surface area contributed by atoms with Gasteiger partial charge in [-0.3, -0.25) is 10.1 Å². The van der Waals surface area contributed by atoms with Gasteiger partial charge in [-0.15, -0.1) is 0 Å². The summed E-state index contributed by atoms with van der Waals surface area (Å²) in [5, 5.41) is 11.0. The standard InChI is InChI=1S/C24H15Br2IN2O6/c1-33-21-10-14(8-18(26)22(21)34-12-13-3-2-4-16(7-13)29(31)32)9-20-24(30)35-23(28-20)15-5-6-19(27)17(25)11-15/h2-11H,12H2,1H3/b20-9-. The second-order valence-corrected chi connectivity index (χ2v) is 10.1. The van der Waals surface area contributed by atoms with Crippen LogP contribution >= 0.6 is 54.5 Å². The first kappa shape index (κ1) is 25.3. The number of hydrogen-bond donors (Lipinski definition) is 0. The number of benzene rings is 3. The normalized spacial score (nSPS) is 14.0. The predicted octanol–water partition coefficient (Wildman–Crippen LogP) is 6.66. The van der Waals surface area contributed by atoms with Crippen LogP contribution < -0.4 is 9.47 Å². The third kappa shape index (κ3) is 5.90. The number of carbonyl (C=O) groups is 1. The molecule has 0 aliphatic carbocycles. The summed E-state index contributed by atoms with van der Waals surface area (Å²) in [5.74, 6) is 0.494. The van der Waals surface area contributed by atoms with Crippen molar-refractivity contribution in [3.63, 3.8) is 0 Å². The lowest BCUT2D eigenvalue weighted by Gasteiger charge is -2.13. The number of esters is 1. The number of carbonyl (C=O) groups excluding carboxylic acids is 1. The highest BCUT2D eigenvalue weighted by atomic mass is 127. The van der Waals surface area contributed by atoms with Crippen LogP contribution in [0.25, 0.3) is 6.08 Å². The molecule has 1 aliphatic heterocycles. The number of nitro groups is 1. The van der Waals surface area contributed by atoms with Gasteiger partial charge in [-0.25, -0.2) is 9.79 Å². The highest BCUT2D eigenvalue weighted by Crippen LogP contribution is 2.38. The van der Waals surface area contributed by atoms with E-state index in [9.17, 15) is 14.9 Å². The number of rotatable bonds is 7. The van der Waals surface area contributed by atoms with Gasteiger partial charge in [0.05, 0.1) is 16.5 Å². The van der Waals surface area contributed by atoms with E-state index in [1.165, 1.54) is 19.2 Å². The fourth-order valence-corrected chi connectivity index (χ4v) is 4.49. The topological polar surface area (TPSA) is 100 Å². The van der Waals surface area contributed by atoms with Crippen molar-refractivity contribution in [2.45, 2.75) is 6.61 Å². The molecule has 178 valence electrons. The van der Waals surface area contributed by atoms with Gasteiger partial charge in [0.1, 0.15) is 6.61 Å². The van der Waals surface area contributed by atoms with Gasteiger partial charge in [0.25, 0.3) is 5.69 Å². The summed E-state index contributed by atoms with van der Waals surface area (Å²) in [5.41, 5.74) is 2.08. The van der Waals surface area contributed by atoms with Crippen LogP contribution in [-0.4, -0.2) is 23.9 Å². The van der Waals surface area contributed by atoms with Gasteiger partial charge in [-0.2, -0.15) is 0 Å². The van der Waals surface area contributed by atoms with E-state index >= 15 is 0 Å². The van der Waals surface area contributed by atoms with Gasteiger partial charge in [-0.1, -0.05) is 12.1 Å². The monoisotopic (exact) mass is 712 g/mol. The molecule has 0 N–H and O–H groups in total. The Morgan fingerprint density at radius 3 is 2.66 bits per heavy atom. The van der Waals surface area contributed by atoms with E-state index in [1.807, 2.05) is 18.2 Å². The number of hydrogen-bond acceptors (Lipinski definition) is 7. The molecule has 0 spiro atoms. The Labute approximate surface area is 230 Å². The summed E-state index contributed by atoms with van der Waals surface area (Å²) in [6.45, 7) is 0.0998. The van der Waals surface area contributed by atoms with E-state index in [1.54, 1.807) is 30.3 Å². The highest BCUT2D eigenvalue weighted by Gasteiger charge is 2.25. The van der Waals surface area contributed by atoms with Crippen molar-refractivity contribution in [2.75, 3.05) is 7.11 Å². The molecule has 0 atom stereocenters. The molecule has 0 saturated heterocycles. The Morgan fingerprint density at radius 2 is 1.94 bits per heavy atom. The average molecular weight is 714 g/mol. The molecule has 1 heterocycles. The van der Waals surface area contributed by atoms with Gasteiger partial charge < -0.3 is 14.2 Å². The summed E-state index contributed by atoms with van der Waals surface area (Å²) < 4.78 is 19.2. The number of non-ortho nitro benzene ring substituents is 1. The lowest BCUT2D eigenvalue weighted by atomic mass is 10.1. The van der Waals surface area contributed by atoms with Crippen molar-refractivity contribution in [2.24, 2.45) is 4.99 Å². The summed E-state index contributed by atoms with van der Waals surface area (Å²) in [7, 11) is 1.49. The number of halogens is 3. The number of methoxy groups -OCH3 is 1. The van der Waals surface area contributed by atoms with Gasteiger partial charge in [0.15, 0.2) is 17.2 Å². The van der Waals surface area contributed by atoms with Crippen LogP contribution in [0, 0.1) is 13.7 Å². The van der Waals surface area contributed by atoms with Crippen LogP contribution in [0.4, 0.5) is 5.69 Å². The molecule has 3 aromatic carbocycles. The summed E-state index contributed by atoms with van der Waals surface area (Å²) in [6, 6.07) is 15.2. The zero-order valence-corrected chi connectivity index (χ0v) is 23.3. The van der Waals surface area contributed by atoms with E-state index in [4.69, 9.17) is 14.2 Å². The predicted molar refractivity (Wildman–Crippen MR) is 146 cm³/mol. The summed E-state index contributed by atoms with van der Waals surface area (Å²) in [6.07, 6.45) is 1.59. The Kier molecular flexibility index (Phi) is 7.87. The Bertz CT molecular complexity index is 1410. The Balaban J connectivity index is 1.58. The van der Waals surface area contributed by atoms with E-state index in [0.717, 1.165) is 8.04 Å². The molecule has 8 nitrogen and oxygen atoms in total. The van der Waals surface area contributed by atoms with Crippen LogP contribution in [0.15, 0.2) is 74.2 Å². The second kappa shape index (κ2) is 10.9. The zero-order chi connectivity index (χ0) is 25.1. The molecule has 0 fully saturated rings. The highest BCUT2D eigenvalue weighted by molar-refractivity contribution is 14.1. The van der Waals surface area contributed by atoms with Crippen molar-refractivity contribution in [1.29, 1.82) is 0 Å². The molecule has 0 bridgehead atoms. The molecule has 4 rings (SSSR count). The van der Waals surface area contributed by atoms with Crippen molar-refractivity contribution in [3.8, 4) is 11.5 Å². The largest absolute Gasteiger partial charge is 0.493 e. The van der Waals surface area contributed by atoms with E-state index < -0.39 is 10.9 Å². The first-order valence-corrected chi connectivity index (χ1v) is 12.6. The molecule has 0 aromatic heterocycles. The fourth-order valence-electron chi connectivity index (χ4n) is 3.20. The molecular weight excluding hydrogens is 699 g/mol. The second-order valence-electron chi connectivity index (χ2n) is 7.21. The molecule has 0 amide bonds. The average Bonchev–Trinajstić information content (AvgIpc) is 3.20. The van der Waals surface area contributed by atoms with E-state index in [0.29, 0.717) is 32.7 Å². The Hall–Kier alpha value is -2.77. The number of nitrogens with zero attached hydrogens (tertiary/aromatic N) is 2. The van der Waals surface area contributed by atoms with Crippen LogP contribution in [0.3, 0.4) is 0 Å². The molecule has 0 unspecified atom stereocenters. The minimum Gasteiger partial charge on any atom is -0.493 e. The number of nitro benzene ring substituents is 1. The maximum Gasteiger partial charge on any atom is 0.363 e. The van der Waals surface area contributed by atoms with Crippen molar-refractivity contribution in [1.82, 2.24) is 0 Å². The summed E-state index contributed by atoms with van der Waals surface area (Å²) in [4.78, 5) is 27.3. The molecule has 11 heteroatoms. The van der Waals surface area contributed by atoms with Crippen LogP contribution in [-0.2, 0) is 16.1 Å². The molecule has 0 radical (unpaired) electrons. The Morgan fingerprint density at radius 1 is 1.14 bits per heavy atom. The van der Waals surface area contributed by atoms with Gasteiger partial charge >= 0.3 is 5.97 Å². The third-order valence-corrected chi connectivity index (χ3v) is 7.77. The maximum absolute atomic E-state index is 12.4. The third-order valence-electron chi connectivity index (χ3n) is 4.85. The van der Waals surface area contributed by atoms with Crippen molar-refractivity contribution in [3.05, 3.63) is 99.6 Å². The molecule has 35 heavy (non-hydrogen) atoms. The zero-order valence-electron chi connectivity index (χ0n) is 18.0. The number of cyclic esters (lactones) is 1. The van der Waals surface area contributed by atoms with Crippen LogP contribution in [0.5, 0.6) is 11.5 Å². The fraction of sp³-hybridized carbons (Fsp3) is 0.0833. The van der Waals surface area contributed by atoms with Crippen molar-refractivity contribution < 1.29 is 23.9 Å². The quantitative estimate of drug-likeness (QED) is 0.0894. The molecule has 0 saturated carbocycles. The van der Waals surface area contributed by atoms with Gasteiger partial charge in [0.2, 0.25) is 5.90 Å². The van der Waals surface area contributed by atoms with Gasteiger partial charge in [-0.05, 0) is 102 Å². The van der Waals surface area contributed by atoms with Crippen LogP contribution in [0.1, 0.15) is 16.7 Å². The minimum absolute atomic E-state index is 0.0138. The lowest BCUT2D eigenvalue weighted by molar-refractivity contribution is -0.384. The van der Waals surface area contributed by atoms with E-state index in [-0.39, 0.29) is 23.9 Å². The number of ether oxygens (including phenoxy) is 3. The SMILES string of the molecule is COc1cc(/C=C2\N=C(c3ccc(I)c(Br)c3)OC2=O)cc(Br)c1OCc1cccc([N+](=O)[O-])c1. The lowest BCUT2D eigenvalue weighted by Crippen LogP contribution is -2.05. The smallest absolute Gasteiger partial charge is 0.363 e. The first-order chi connectivity index (χ1) is 16.7. The van der Waals surface area contributed by atoms with E-state index in [2.05, 4.69) is 59.4 Å². The number of aliphatic imine (C=N–C) groups is 1.